The summed E-state index contributed by atoms with van der Waals surface area (Å²) < 4.78 is 71.4. The lowest BCUT2D eigenvalue weighted by atomic mass is 9.67. The summed E-state index contributed by atoms with van der Waals surface area (Å²) in [5.74, 6) is -6.27. The Balaban J connectivity index is 1.50. The average Bonchev–Trinajstić information content (AvgIpc) is 2.92. The molecule has 3 aromatic carbocycles. The molecule has 208 valence electrons. The highest BCUT2D eigenvalue weighted by atomic mass is 19.3. The van der Waals surface area contributed by atoms with Crippen LogP contribution in [0.2, 0.25) is 0 Å². The molecule has 0 radical (unpaired) electrons. The molecule has 1 fully saturated rings. The van der Waals surface area contributed by atoms with Gasteiger partial charge in [0.05, 0.1) is 0 Å². The van der Waals surface area contributed by atoms with E-state index in [1.807, 2.05) is 24.3 Å². The molecule has 2 aliphatic rings. The Morgan fingerprint density at radius 2 is 1.56 bits per heavy atom. The number of rotatable bonds is 6. The molecule has 1 aliphatic carbocycles. The Morgan fingerprint density at radius 1 is 0.897 bits per heavy atom. The highest BCUT2D eigenvalue weighted by Gasteiger charge is 2.47. The molecule has 8 heteroatoms. The first kappa shape index (κ1) is 27.5. The first-order valence-electron chi connectivity index (χ1n) is 13.2. The van der Waals surface area contributed by atoms with Gasteiger partial charge in [0.15, 0.2) is 6.29 Å². The van der Waals surface area contributed by atoms with Gasteiger partial charge in [0.1, 0.15) is 17.4 Å². The maximum Gasteiger partial charge on any atom is 0.274 e. The van der Waals surface area contributed by atoms with Gasteiger partial charge in [-0.3, -0.25) is 0 Å². The summed E-state index contributed by atoms with van der Waals surface area (Å²) in [6.07, 6.45) is 0.872. The molecular weight excluding hydrogens is 510 g/mol. The fourth-order valence-corrected chi connectivity index (χ4v) is 6.30. The van der Waals surface area contributed by atoms with Gasteiger partial charge in [-0.15, -0.1) is 0 Å². The second kappa shape index (κ2) is 10.8. The van der Waals surface area contributed by atoms with E-state index >= 15 is 13.2 Å². The largest absolute Gasteiger partial charge is 0.508 e. The van der Waals surface area contributed by atoms with Gasteiger partial charge in [0.25, 0.3) is 5.92 Å². The highest BCUT2D eigenvalue weighted by molar-refractivity contribution is 5.54. The van der Waals surface area contributed by atoms with Crippen LogP contribution in [0.1, 0.15) is 58.9 Å². The molecule has 0 aromatic heterocycles. The predicted molar refractivity (Wildman–Crippen MR) is 141 cm³/mol. The summed E-state index contributed by atoms with van der Waals surface area (Å²) in [6.45, 7) is 3.09. The lowest BCUT2D eigenvalue weighted by Gasteiger charge is -2.39. The molecule has 39 heavy (non-hydrogen) atoms. The van der Waals surface area contributed by atoms with Crippen LogP contribution in [0.15, 0.2) is 54.6 Å². The summed E-state index contributed by atoms with van der Waals surface area (Å²) in [6, 6.07) is 13.7. The minimum atomic E-state index is -3.32. The van der Waals surface area contributed by atoms with Crippen molar-refractivity contribution < 1.29 is 32.1 Å². The van der Waals surface area contributed by atoms with E-state index in [2.05, 4.69) is 4.90 Å². The number of hydrogen-bond donors (Lipinski definition) is 1. The van der Waals surface area contributed by atoms with Crippen LogP contribution in [0.3, 0.4) is 0 Å². The van der Waals surface area contributed by atoms with Crippen LogP contribution in [-0.4, -0.2) is 38.7 Å². The Bertz CT molecular complexity index is 1320. The molecule has 4 nitrogen and oxygen atoms in total. The maximum absolute atomic E-state index is 15.4. The smallest absolute Gasteiger partial charge is 0.274 e. The van der Waals surface area contributed by atoms with E-state index < -0.39 is 35.8 Å². The van der Waals surface area contributed by atoms with Crippen molar-refractivity contribution in [1.29, 1.82) is 0 Å². The normalized spacial score (nSPS) is 21.3. The number of aromatic hydroxyl groups is 1. The third kappa shape index (κ3) is 5.24. The number of piperidine rings is 1. The Labute approximate surface area is 226 Å². The van der Waals surface area contributed by atoms with E-state index in [9.17, 15) is 9.50 Å². The van der Waals surface area contributed by atoms with Crippen molar-refractivity contribution in [3.05, 3.63) is 94.0 Å². The van der Waals surface area contributed by atoms with Crippen molar-refractivity contribution in [2.45, 2.75) is 50.2 Å². The molecule has 0 unspecified atom stereocenters. The number of alkyl halides is 2. The van der Waals surface area contributed by atoms with Gasteiger partial charge >= 0.3 is 0 Å². The van der Waals surface area contributed by atoms with E-state index in [0.717, 1.165) is 55.4 Å². The zero-order valence-corrected chi connectivity index (χ0v) is 22.3. The third-order valence-corrected chi connectivity index (χ3v) is 8.33. The second-order valence-corrected chi connectivity index (χ2v) is 10.6. The van der Waals surface area contributed by atoms with Crippen molar-refractivity contribution in [3.8, 4) is 5.75 Å². The second-order valence-electron chi connectivity index (χ2n) is 10.6. The van der Waals surface area contributed by atoms with Crippen LogP contribution in [0.5, 0.6) is 5.75 Å². The maximum atomic E-state index is 15.4. The summed E-state index contributed by atoms with van der Waals surface area (Å²) in [4.78, 5) is 2.26. The molecule has 1 saturated heterocycles. The van der Waals surface area contributed by atoms with Crippen molar-refractivity contribution in [2.24, 2.45) is 5.92 Å². The number of fused-ring (bicyclic) bond motifs is 1. The first-order valence-corrected chi connectivity index (χ1v) is 13.2. The van der Waals surface area contributed by atoms with Gasteiger partial charge in [-0.05, 0) is 78.4 Å². The third-order valence-electron chi connectivity index (χ3n) is 8.33. The zero-order chi connectivity index (χ0) is 27.9. The molecule has 0 saturated carbocycles. The lowest BCUT2D eigenvalue weighted by Crippen LogP contribution is -2.39. The molecule has 2 atom stereocenters. The van der Waals surface area contributed by atoms with Gasteiger partial charge in [-0.1, -0.05) is 18.2 Å². The van der Waals surface area contributed by atoms with Gasteiger partial charge < -0.3 is 19.5 Å². The minimum Gasteiger partial charge on any atom is -0.508 e. The van der Waals surface area contributed by atoms with Crippen LogP contribution in [0, 0.1) is 24.5 Å². The number of hydrogen-bond acceptors (Lipinski definition) is 4. The monoisotopic (exact) mass is 543 g/mol. The minimum absolute atomic E-state index is 0.0708. The van der Waals surface area contributed by atoms with Crippen LogP contribution < -0.4 is 4.90 Å². The van der Waals surface area contributed by atoms with Gasteiger partial charge in [0.2, 0.25) is 0 Å². The number of phenols is 1. The zero-order valence-electron chi connectivity index (χ0n) is 22.3. The molecule has 1 N–H and O–H groups in total. The number of phenolic OH excluding ortho intramolecular Hbond substituents is 1. The van der Waals surface area contributed by atoms with Gasteiger partial charge in [-0.2, -0.15) is 0 Å². The number of nitrogens with zero attached hydrogens (tertiary/aromatic N) is 1. The van der Waals surface area contributed by atoms with Crippen molar-refractivity contribution in [3.63, 3.8) is 0 Å². The van der Waals surface area contributed by atoms with Gasteiger partial charge in [-0.25, -0.2) is 17.6 Å². The van der Waals surface area contributed by atoms with E-state index in [4.69, 9.17) is 9.47 Å². The van der Waals surface area contributed by atoms with E-state index in [-0.39, 0.29) is 28.7 Å². The van der Waals surface area contributed by atoms with Crippen molar-refractivity contribution in [2.75, 3.05) is 32.2 Å². The topological polar surface area (TPSA) is 41.9 Å². The standard InChI is InChI=1S/C31H33F4NO3/c1-18-14-28(33)24(16-27(18)32)25-17-31(34,35)26-15-22(37)8-9-23(26)29(25)19-4-6-21(7-5-19)36-12-10-20(11-13-36)30(38-2)39-3/h4-9,14-16,20,25,29-30,37H,10-13,17H2,1-3H3/t25-,29-/m0/s1. The molecule has 0 bridgehead atoms. The van der Waals surface area contributed by atoms with Crippen molar-refractivity contribution >= 4 is 5.69 Å². The number of anilines is 1. The molecule has 0 amide bonds. The van der Waals surface area contributed by atoms with Crippen LogP contribution >= 0.6 is 0 Å². The predicted octanol–water partition coefficient (Wildman–Crippen LogP) is 7.23. The molecule has 3 aromatic rings. The summed E-state index contributed by atoms with van der Waals surface area (Å²) in [5, 5.41) is 9.97. The summed E-state index contributed by atoms with van der Waals surface area (Å²) in [5.41, 5.74) is 1.79. The Morgan fingerprint density at radius 3 is 2.21 bits per heavy atom. The fraction of sp³-hybridized carbons (Fsp3) is 0.419. The van der Waals surface area contributed by atoms with Gasteiger partial charge in [0, 0.05) is 62.7 Å². The van der Waals surface area contributed by atoms with Crippen LogP contribution in [0.4, 0.5) is 23.2 Å². The van der Waals surface area contributed by atoms with Crippen LogP contribution in [-0.2, 0) is 15.4 Å². The Kier molecular flexibility index (Phi) is 7.62. The number of benzene rings is 3. The SMILES string of the molecule is COC(OC)C1CCN(c2ccc([C@H]3c4ccc(O)cc4C(F)(F)C[C@H]3c3cc(F)c(C)cc3F)cc2)CC1. The Hall–Kier alpha value is -3.10. The number of aryl methyl sites for hydroxylation is 1. The molecular formula is C31H33F4NO3. The molecule has 0 spiro atoms. The average molecular weight is 544 g/mol. The summed E-state index contributed by atoms with van der Waals surface area (Å²) >= 11 is 0. The molecule has 1 heterocycles. The van der Waals surface area contributed by atoms with E-state index in [0.29, 0.717) is 11.5 Å². The van der Waals surface area contributed by atoms with E-state index in [1.54, 1.807) is 14.2 Å². The highest BCUT2D eigenvalue weighted by Crippen LogP contribution is 2.55. The summed E-state index contributed by atoms with van der Waals surface area (Å²) in [7, 11) is 3.29. The quantitative estimate of drug-likeness (QED) is 0.263. The number of ether oxygens (including phenoxy) is 2. The number of methoxy groups -OCH3 is 2. The van der Waals surface area contributed by atoms with E-state index in [1.165, 1.54) is 19.1 Å². The fourth-order valence-electron chi connectivity index (χ4n) is 6.30. The molecule has 5 rings (SSSR count). The first-order chi connectivity index (χ1) is 18.6. The van der Waals surface area contributed by atoms with Crippen LogP contribution in [0.25, 0.3) is 0 Å². The number of halogens is 4. The lowest BCUT2D eigenvalue weighted by molar-refractivity contribution is -0.141. The van der Waals surface area contributed by atoms with Crippen molar-refractivity contribution in [1.82, 2.24) is 0 Å². The molecule has 1 aliphatic heterocycles.